The van der Waals surface area contributed by atoms with Gasteiger partial charge in [-0.25, -0.2) is 0 Å². The standard InChI is InChI=1S/C18H16ClN3O3S/c1-9-6-14(15(25-3)8-12(9)19)20-16(23)10-4-5-11-13(7-10)21-18(26)22(2)17(11)24/h4-8H,1-3H3,(H,20,23)(H,21,26). The predicted octanol–water partition coefficient (Wildman–Crippen LogP) is 3.82. The first-order valence-corrected chi connectivity index (χ1v) is 8.49. The number of hydrogen-bond donors (Lipinski definition) is 2. The van der Waals surface area contributed by atoms with Crippen molar-refractivity contribution in [3.8, 4) is 5.75 Å². The molecule has 0 saturated heterocycles. The third kappa shape index (κ3) is 3.23. The number of hydrogen-bond acceptors (Lipinski definition) is 4. The van der Waals surface area contributed by atoms with Crippen LogP contribution in [0, 0.1) is 11.7 Å². The van der Waals surface area contributed by atoms with Crippen LogP contribution in [0.25, 0.3) is 10.9 Å². The van der Waals surface area contributed by atoms with Gasteiger partial charge >= 0.3 is 0 Å². The van der Waals surface area contributed by atoms with Crippen molar-refractivity contribution >= 4 is 46.3 Å². The number of methoxy groups -OCH3 is 1. The van der Waals surface area contributed by atoms with Crippen molar-refractivity contribution < 1.29 is 9.53 Å². The van der Waals surface area contributed by atoms with Gasteiger partial charge in [0.2, 0.25) is 0 Å². The highest BCUT2D eigenvalue weighted by molar-refractivity contribution is 7.71. The van der Waals surface area contributed by atoms with Crippen molar-refractivity contribution in [3.05, 3.63) is 61.6 Å². The van der Waals surface area contributed by atoms with Gasteiger partial charge in [-0.3, -0.25) is 14.2 Å². The zero-order valence-electron chi connectivity index (χ0n) is 14.3. The Bertz CT molecular complexity index is 1150. The Labute approximate surface area is 159 Å². The smallest absolute Gasteiger partial charge is 0.261 e. The first-order valence-electron chi connectivity index (χ1n) is 7.70. The largest absolute Gasteiger partial charge is 0.495 e. The quantitative estimate of drug-likeness (QED) is 0.668. The van der Waals surface area contributed by atoms with E-state index in [1.807, 2.05) is 6.92 Å². The molecule has 1 aromatic heterocycles. The van der Waals surface area contributed by atoms with Gasteiger partial charge in [-0.2, -0.15) is 0 Å². The maximum atomic E-state index is 12.6. The maximum absolute atomic E-state index is 12.6. The minimum Gasteiger partial charge on any atom is -0.495 e. The molecule has 0 aliphatic carbocycles. The van der Waals surface area contributed by atoms with E-state index < -0.39 is 0 Å². The van der Waals surface area contributed by atoms with Gasteiger partial charge in [0, 0.05) is 23.7 Å². The summed E-state index contributed by atoms with van der Waals surface area (Å²) in [6.45, 7) is 1.84. The molecule has 1 heterocycles. The molecule has 0 aliphatic heterocycles. The minimum absolute atomic E-state index is 0.217. The zero-order valence-corrected chi connectivity index (χ0v) is 15.9. The molecule has 0 unspecified atom stereocenters. The number of nitrogens with zero attached hydrogens (tertiary/aromatic N) is 1. The lowest BCUT2D eigenvalue weighted by Crippen LogP contribution is -2.19. The molecule has 0 fully saturated rings. The first-order chi connectivity index (χ1) is 12.3. The maximum Gasteiger partial charge on any atom is 0.261 e. The Morgan fingerprint density at radius 2 is 2.04 bits per heavy atom. The van der Waals surface area contributed by atoms with Crippen LogP contribution in [0.4, 0.5) is 5.69 Å². The van der Waals surface area contributed by atoms with Gasteiger partial charge in [-0.1, -0.05) is 11.6 Å². The molecule has 0 bridgehead atoms. The highest BCUT2D eigenvalue weighted by atomic mass is 35.5. The molecule has 3 rings (SSSR count). The van der Waals surface area contributed by atoms with E-state index >= 15 is 0 Å². The summed E-state index contributed by atoms with van der Waals surface area (Å²) in [5.74, 6) is 0.120. The number of benzene rings is 2. The van der Waals surface area contributed by atoms with Crippen LogP contribution < -0.4 is 15.6 Å². The van der Waals surface area contributed by atoms with E-state index in [0.29, 0.717) is 32.9 Å². The van der Waals surface area contributed by atoms with Crippen molar-refractivity contribution in [1.29, 1.82) is 0 Å². The average molecular weight is 390 g/mol. The van der Waals surface area contributed by atoms with Crippen LogP contribution in [0.2, 0.25) is 5.02 Å². The topological polar surface area (TPSA) is 76.1 Å². The number of carbonyl (C=O) groups is 1. The monoisotopic (exact) mass is 389 g/mol. The van der Waals surface area contributed by atoms with Gasteiger partial charge < -0.3 is 15.0 Å². The van der Waals surface area contributed by atoms with Crippen LogP contribution in [0.3, 0.4) is 0 Å². The molecule has 2 aromatic carbocycles. The fraction of sp³-hybridized carbons (Fsp3) is 0.167. The summed E-state index contributed by atoms with van der Waals surface area (Å²) in [6, 6.07) is 8.17. The lowest BCUT2D eigenvalue weighted by molar-refractivity contribution is 0.102. The van der Waals surface area contributed by atoms with Crippen LogP contribution >= 0.6 is 23.8 Å². The van der Waals surface area contributed by atoms with Crippen LogP contribution in [0.5, 0.6) is 5.75 Å². The van der Waals surface area contributed by atoms with Crippen molar-refractivity contribution in [2.75, 3.05) is 12.4 Å². The van der Waals surface area contributed by atoms with Crippen LogP contribution in [0.15, 0.2) is 35.1 Å². The second-order valence-electron chi connectivity index (χ2n) is 5.81. The average Bonchev–Trinajstić information content (AvgIpc) is 2.62. The normalized spacial score (nSPS) is 10.8. The van der Waals surface area contributed by atoms with E-state index in [2.05, 4.69) is 10.3 Å². The summed E-state index contributed by atoms with van der Waals surface area (Å²) in [7, 11) is 3.10. The van der Waals surface area contributed by atoms with Gasteiger partial charge in [-0.15, -0.1) is 0 Å². The number of amides is 1. The van der Waals surface area contributed by atoms with Crippen molar-refractivity contribution in [2.45, 2.75) is 6.92 Å². The van der Waals surface area contributed by atoms with Crippen molar-refractivity contribution in [1.82, 2.24) is 9.55 Å². The van der Waals surface area contributed by atoms with Crippen LogP contribution in [-0.4, -0.2) is 22.6 Å². The van der Waals surface area contributed by atoms with E-state index in [0.717, 1.165) is 5.56 Å². The summed E-state index contributed by atoms with van der Waals surface area (Å²) < 4.78 is 6.90. The third-order valence-corrected chi connectivity index (χ3v) is 4.88. The van der Waals surface area contributed by atoms with E-state index in [1.54, 1.807) is 37.4 Å². The van der Waals surface area contributed by atoms with E-state index in [4.69, 9.17) is 28.6 Å². The molecule has 26 heavy (non-hydrogen) atoms. The fourth-order valence-corrected chi connectivity index (χ4v) is 2.92. The van der Waals surface area contributed by atoms with Gasteiger partial charge in [-0.05, 0) is 49.0 Å². The molecule has 1 amide bonds. The highest BCUT2D eigenvalue weighted by Gasteiger charge is 2.13. The molecule has 0 spiro atoms. The molecule has 0 atom stereocenters. The molecule has 3 aromatic rings. The summed E-state index contributed by atoms with van der Waals surface area (Å²) in [5.41, 5.74) is 1.99. The molecule has 0 saturated carbocycles. The number of H-pyrrole nitrogens is 1. The lowest BCUT2D eigenvalue weighted by Gasteiger charge is -2.12. The highest BCUT2D eigenvalue weighted by Crippen LogP contribution is 2.31. The Morgan fingerprint density at radius 1 is 1.31 bits per heavy atom. The lowest BCUT2D eigenvalue weighted by atomic mass is 10.1. The van der Waals surface area contributed by atoms with Gasteiger partial charge in [0.1, 0.15) is 5.75 Å². The third-order valence-electron chi connectivity index (χ3n) is 4.09. The SMILES string of the molecule is COc1cc(Cl)c(C)cc1NC(=O)c1ccc2c(=O)n(C)c(=S)[nH]c2c1. The molecule has 134 valence electrons. The zero-order chi connectivity index (χ0) is 19.0. The van der Waals surface area contributed by atoms with E-state index in [-0.39, 0.29) is 16.2 Å². The number of anilines is 1. The van der Waals surface area contributed by atoms with E-state index in [9.17, 15) is 9.59 Å². The molecular weight excluding hydrogens is 374 g/mol. The molecule has 2 N–H and O–H groups in total. The second-order valence-corrected chi connectivity index (χ2v) is 6.60. The number of fused-ring (bicyclic) bond motifs is 1. The number of aromatic nitrogens is 2. The number of halogens is 1. The predicted molar refractivity (Wildman–Crippen MR) is 105 cm³/mol. The number of carbonyl (C=O) groups excluding carboxylic acids is 1. The number of aromatic amines is 1. The number of ether oxygens (including phenoxy) is 1. The summed E-state index contributed by atoms with van der Waals surface area (Å²) in [5, 5.41) is 3.81. The number of nitrogens with one attached hydrogen (secondary N) is 2. The molecular formula is C18H16ClN3O3S. The summed E-state index contributed by atoms with van der Waals surface area (Å²) in [4.78, 5) is 27.8. The first kappa shape index (κ1) is 18.2. The molecule has 0 aliphatic rings. The van der Waals surface area contributed by atoms with Crippen LogP contribution in [-0.2, 0) is 7.05 Å². The van der Waals surface area contributed by atoms with Gasteiger partial charge in [0.25, 0.3) is 11.5 Å². The number of rotatable bonds is 3. The Morgan fingerprint density at radius 3 is 2.73 bits per heavy atom. The fourth-order valence-electron chi connectivity index (χ4n) is 2.57. The Kier molecular flexibility index (Phi) is 4.84. The van der Waals surface area contributed by atoms with Crippen molar-refractivity contribution in [2.24, 2.45) is 7.05 Å². The van der Waals surface area contributed by atoms with Crippen molar-refractivity contribution in [3.63, 3.8) is 0 Å². The Balaban J connectivity index is 2.01. The summed E-state index contributed by atoms with van der Waals surface area (Å²) in [6.07, 6.45) is 0. The second kappa shape index (κ2) is 6.93. The van der Waals surface area contributed by atoms with Crippen LogP contribution in [0.1, 0.15) is 15.9 Å². The van der Waals surface area contributed by atoms with Gasteiger partial charge in [0.05, 0.1) is 23.7 Å². The molecule has 6 nitrogen and oxygen atoms in total. The molecule has 0 radical (unpaired) electrons. The van der Waals surface area contributed by atoms with E-state index in [1.165, 1.54) is 11.7 Å². The minimum atomic E-state index is -0.341. The Hall–Kier alpha value is -2.64. The summed E-state index contributed by atoms with van der Waals surface area (Å²) >= 11 is 11.2. The molecule has 8 heteroatoms. The number of aryl methyl sites for hydroxylation is 1. The van der Waals surface area contributed by atoms with Gasteiger partial charge in [0.15, 0.2) is 4.77 Å².